The largest absolute Gasteiger partial charge is 0.399 e. The first kappa shape index (κ1) is 23.2. The molecule has 1 aliphatic heterocycles. The highest BCUT2D eigenvalue weighted by Gasteiger charge is 2.34. The number of benzene rings is 1. The molecule has 0 bridgehead atoms. The van der Waals surface area contributed by atoms with Crippen molar-refractivity contribution in [2.24, 2.45) is 5.16 Å². The highest BCUT2D eigenvalue weighted by molar-refractivity contribution is 6.00. The number of amides is 1. The molecule has 1 aromatic heterocycles. The second-order valence-corrected chi connectivity index (χ2v) is 7.42. The molecule has 9 heteroatoms. The molecule has 1 amide bonds. The summed E-state index contributed by atoms with van der Waals surface area (Å²) in [5.41, 5.74) is 4.01. The number of nitriles is 1. The van der Waals surface area contributed by atoms with Crippen LogP contribution in [0.2, 0.25) is 0 Å². The monoisotopic (exact) mass is 437 g/mol. The zero-order valence-electron chi connectivity index (χ0n) is 18.5. The van der Waals surface area contributed by atoms with Gasteiger partial charge in [-0.3, -0.25) is 4.79 Å². The number of rotatable bonds is 8. The summed E-state index contributed by atoms with van der Waals surface area (Å²) in [7, 11) is 3.06. The van der Waals surface area contributed by atoms with Crippen LogP contribution >= 0.6 is 0 Å². The summed E-state index contributed by atoms with van der Waals surface area (Å²) in [6, 6.07) is 10.8. The number of oxime groups is 1. The van der Waals surface area contributed by atoms with Gasteiger partial charge in [0.2, 0.25) is 0 Å². The molecule has 0 aliphatic carbocycles. The lowest BCUT2D eigenvalue weighted by molar-refractivity contribution is 0.0674. The molecule has 1 fully saturated rings. The van der Waals surface area contributed by atoms with Crippen molar-refractivity contribution in [1.29, 1.82) is 5.26 Å². The fraction of sp³-hybridized carbons (Fsp3) is 0.391. The molecular formula is C23H27N5O4. The van der Waals surface area contributed by atoms with Crippen molar-refractivity contribution in [2.75, 3.05) is 45.8 Å². The molecule has 9 nitrogen and oxygen atoms in total. The average molecular weight is 438 g/mol. The first-order valence-electron chi connectivity index (χ1n) is 10.3. The topological polar surface area (TPSA) is 120 Å². The summed E-state index contributed by atoms with van der Waals surface area (Å²) in [6.45, 7) is 2.95. The standard InChI is InChI=1S/C23H27N5O4/c1-15-16(12-24)5-4-6-19(15)20-7-8-21(26-22(20)25-9-10-31-2)23(30)28-13-17(27-32-3)11-18(28)14-29/h4-8,18,29H,9-11,13-14H2,1-3H3,(H,25,26)/b27-17+/t18-/m0/s1. The van der Waals surface area contributed by atoms with Crippen molar-refractivity contribution in [2.45, 2.75) is 19.4 Å². The molecule has 2 aromatic rings. The number of nitrogens with one attached hydrogen (secondary N) is 1. The molecule has 1 aliphatic rings. The van der Waals surface area contributed by atoms with Gasteiger partial charge in [-0.05, 0) is 36.2 Å². The molecule has 1 atom stereocenters. The van der Waals surface area contributed by atoms with E-state index in [0.717, 1.165) is 16.7 Å². The minimum atomic E-state index is -0.377. The number of aliphatic hydroxyl groups excluding tert-OH is 1. The van der Waals surface area contributed by atoms with Gasteiger partial charge in [0.05, 0.1) is 43.1 Å². The molecular weight excluding hydrogens is 410 g/mol. The van der Waals surface area contributed by atoms with E-state index in [1.807, 2.05) is 25.1 Å². The number of anilines is 1. The average Bonchev–Trinajstić information content (AvgIpc) is 3.22. The third kappa shape index (κ3) is 4.88. The van der Waals surface area contributed by atoms with E-state index >= 15 is 0 Å². The number of hydrogen-bond donors (Lipinski definition) is 2. The second kappa shape index (κ2) is 10.7. The van der Waals surface area contributed by atoms with Gasteiger partial charge in [-0.1, -0.05) is 17.3 Å². The number of nitrogens with zero attached hydrogens (tertiary/aromatic N) is 4. The van der Waals surface area contributed by atoms with Crippen LogP contribution in [0.3, 0.4) is 0 Å². The van der Waals surface area contributed by atoms with Gasteiger partial charge >= 0.3 is 0 Å². The minimum Gasteiger partial charge on any atom is -0.399 e. The normalized spacial score (nSPS) is 16.8. The van der Waals surface area contributed by atoms with E-state index in [2.05, 4.69) is 21.5 Å². The SMILES string of the molecule is COCCNc1nc(C(=O)N2C/C(=N/OC)C[C@H]2CO)ccc1-c1cccc(C#N)c1C. The van der Waals surface area contributed by atoms with Gasteiger partial charge in [-0.2, -0.15) is 5.26 Å². The minimum absolute atomic E-state index is 0.175. The van der Waals surface area contributed by atoms with Crippen molar-refractivity contribution in [1.82, 2.24) is 9.88 Å². The quantitative estimate of drug-likeness (QED) is 0.480. The molecule has 3 rings (SSSR count). The number of methoxy groups -OCH3 is 1. The van der Waals surface area contributed by atoms with E-state index in [1.54, 1.807) is 24.1 Å². The number of aliphatic hydroxyl groups is 1. The van der Waals surface area contributed by atoms with Gasteiger partial charge in [0, 0.05) is 25.6 Å². The molecule has 32 heavy (non-hydrogen) atoms. The Morgan fingerprint density at radius 2 is 2.16 bits per heavy atom. The maximum absolute atomic E-state index is 13.2. The molecule has 0 spiro atoms. The Kier molecular flexibility index (Phi) is 7.76. The maximum Gasteiger partial charge on any atom is 0.273 e. The number of pyridine rings is 1. The summed E-state index contributed by atoms with van der Waals surface area (Å²) in [6.07, 6.45) is 0.452. The van der Waals surface area contributed by atoms with Crippen molar-refractivity contribution in [3.05, 3.63) is 47.2 Å². The predicted octanol–water partition coefficient (Wildman–Crippen LogP) is 2.20. The van der Waals surface area contributed by atoms with Crippen LogP contribution in [0, 0.1) is 18.3 Å². The van der Waals surface area contributed by atoms with Crippen LogP contribution < -0.4 is 5.32 Å². The number of carbonyl (C=O) groups is 1. The van der Waals surface area contributed by atoms with Crippen LogP contribution in [0.25, 0.3) is 11.1 Å². The highest BCUT2D eigenvalue weighted by Crippen LogP contribution is 2.31. The third-order valence-corrected chi connectivity index (χ3v) is 5.41. The lowest BCUT2D eigenvalue weighted by atomic mass is 9.97. The van der Waals surface area contributed by atoms with Gasteiger partial charge in [0.1, 0.15) is 18.6 Å². The summed E-state index contributed by atoms with van der Waals surface area (Å²) >= 11 is 0. The molecule has 2 N–H and O–H groups in total. The lowest BCUT2D eigenvalue weighted by Gasteiger charge is -2.22. The third-order valence-electron chi connectivity index (χ3n) is 5.41. The zero-order chi connectivity index (χ0) is 23.1. The fourth-order valence-corrected chi connectivity index (χ4v) is 3.77. The zero-order valence-corrected chi connectivity index (χ0v) is 18.5. The van der Waals surface area contributed by atoms with E-state index in [9.17, 15) is 15.2 Å². The number of ether oxygens (including phenoxy) is 1. The molecule has 0 saturated carbocycles. The van der Waals surface area contributed by atoms with Gasteiger partial charge in [0.25, 0.3) is 5.91 Å². The Morgan fingerprint density at radius 1 is 1.34 bits per heavy atom. The predicted molar refractivity (Wildman–Crippen MR) is 120 cm³/mol. The molecule has 168 valence electrons. The second-order valence-electron chi connectivity index (χ2n) is 7.42. The van der Waals surface area contributed by atoms with Crippen LogP contribution in [0.5, 0.6) is 0 Å². The van der Waals surface area contributed by atoms with Crippen LogP contribution in [-0.4, -0.2) is 73.2 Å². The Labute approximate surface area is 187 Å². The van der Waals surface area contributed by atoms with Gasteiger partial charge < -0.3 is 24.9 Å². The van der Waals surface area contributed by atoms with Crippen LogP contribution in [0.15, 0.2) is 35.5 Å². The van der Waals surface area contributed by atoms with E-state index in [1.165, 1.54) is 7.11 Å². The van der Waals surface area contributed by atoms with Crippen LogP contribution in [-0.2, 0) is 9.57 Å². The molecule has 2 heterocycles. The summed E-state index contributed by atoms with van der Waals surface area (Å²) in [4.78, 5) is 24.2. The summed E-state index contributed by atoms with van der Waals surface area (Å²) in [5.74, 6) is 0.228. The van der Waals surface area contributed by atoms with E-state index in [4.69, 9.17) is 9.57 Å². The van der Waals surface area contributed by atoms with Crippen LogP contribution in [0.4, 0.5) is 5.82 Å². The van der Waals surface area contributed by atoms with Crippen molar-refractivity contribution in [3.8, 4) is 17.2 Å². The molecule has 1 saturated heterocycles. The molecule has 0 unspecified atom stereocenters. The fourth-order valence-electron chi connectivity index (χ4n) is 3.77. The molecule has 0 radical (unpaired) electrons. The van der Waals surface area contributed by atoms with Crippen molar-refractivity contribution < 1.29 is 19.5 Å². The first-order chi connectivity index (χ1) is 15.5. The van der Waals surface area contributed by atoms with E-state index in [-0.39, 0.29) is 30.8 Å². The number of likely N-dealkylation sites (tertiary alicyclic amines) is 1. The van der Waals surface area contributed by atoms with Gasteiger partial charge in [-0.15, -0.1) is 0 Å². The Balaban J connectivity index is 1.99. The number of hydrogen-bond acceptors (Lipinski definition) is 8. The summed E-state index contributed by atoms with van der Waals surface area (Å²) in [5, 5.41) is 26.3. The smallest absolute Gasteiger partial charge is 0.273 e. The van der Waals surface area contributed by atoms with Gasteiger partial charge in [0.15, 0.2) is 0 Å². The Hall–Kier alpha value is -3.48. The Bertz CT molecular complexity index is 1050. The number of carbonyl (C=O) groups excluding carboxylic acids is 1. The van der Waals surface area contributed by atoms with Crippen LogP contribution in [0.1, 0.15) is 28.0 Å². The van der Waals surface area contributed by atoms with E-state index in [0.29, 0.717) is 36.7 Å². The van der Waals surface area contributed by atoms with Crippen molar-refractivity contribution in [3.63, 3.8) is 0 Å². The molecule has 1 aromatic carbocycles. The van der Waals surface area contributed by atoms with Crippen molar-refractivity contribution >= 4 is 17.4 Å². The summed E-state index contributed by atoms with van der Waals surface area (Å²) < 4.78 is 5.13. The lowest BCUT2D eigenvalue weighted by Crippen LogP contribution is -2.38. The highest BCUT2D eigenvalue weighted by atomic mass is 16.6. The first-order valence-corrected chi connectivity index (χ1v) is 10.3. The maximum atomic E-state index is 13.2. The Morgan fingerprint density at radius 3 is 2.84 bits per heavy atom. The van der Waals surface area contributed by atoms with E-state index < -0.39 is 0 Å². The number of aromatic nitrogens is 1. The van der Waals surface area contributed by atoms with Gasteiger partial charge in [-0.25, -0.2) is 4.98 Å².